The van der Waals surface area contributed by atoms with Crippen molar-refractivity contribution in [2.75, 3.05) is 19.3 Å². The largest absolute Gasteiger partial charge is 0.252 e. The molecule has 0 heterocycles. The summed E-state index contributed by atoms with van der Waals surface area (Å²) in [6.07, 6.45) is -2.61. The third-order valence-electron chi connectivity index (χ3n) is 1.23. The Kier molecular flexibility index (Phi) is 3.88. The fourth-order valence-electron chi connectivity index (χ4n) is 0.528. The van der Waals surface area contributed by atoms with Crippen LogP contribution in [-0.2, 0) is 10.0 Å². The van der Waals surface area contributed by atoms with Crippen molar-refractivity contribution >= 4 is 10.0 Å². The summed E-state index contributed by atoms with van der Waals surface area (Å²) < 4.78 is 45.6. The van der Waals surface area contributed by atoms with Gasteiger partial charge in [-0.1, -0.05) is 0 Å². The Hall–Kier alpha value is -0.230. The third kappa shape index (κ3) is 3.62. The van der Waals surface area contributed by atoms with Crippen LogP contribution in [0.3, 0.4) is 0 Å². The van der Waals surface area contributed by atoms with Crippen molar-refractivity contribution < 1.29 is 17.2 Å². The van der Waals surface area contributed by atoms with Crippen LogP contribution in [0.4, 0.5) is 8.78 Å². The highest BCUT2D eigenvalue weighted by atomic mass is 32.2. The standard InChI is InChI=1S/C5H11F2NO2S/c1-3-11(9,10)8(2)4-5(6)7/h5H,3-4H2,1-2H3. The lowest BCUT2D eigenvalue weighted by Crippen LogP contribution is -2.32. The van der Waals surface area contributed by atoms with Crippen LogP contribution in [0, 0.1) is 0 Å². The Balaban J connectivity index is 4.14. The van der Waals surface area contributed by atoms with Gasteiger partial charge >= 0.3 is 0 Å². The van der Waals surface area contributed by atoms with Crippen LogP contribution in [0.2, 0.25) is 0 Å². The molecule has 0 aliphatic heterocycles. The van der Waals surface area contributed by atoms with Gasteiger partial charge in [0.1, 0.15) is 0 Å². The van der Waals surface area contributed by atoms with Crippen molar-refractivity contribution in [3.8, 4) is 0 Å². The Bertz CT molecular complexity index is 203. The molecule has 0 rings (SSSR count). The quantitative estimate of drug-likeness (QED) is 0.644. The Morgan fingerprint density at radius 1 is 1.45 bits per heavy atom. The van der Waals surface area contributed by atoms with E-state index in [0.29, 0.717) is 4.31 Å². The second kappa shape index (κ2) is 3.96. The number of sulfonamides is 1. The van der Waals surface area contributed by atoms with Crippen LogP contribution in [-0.4, -0.2) is 38.5 Å². The van der Waals surface area contributed by atoms with Gasteiger partial charge in [-0.3, -0.25) is 0 Å². The highest BCUT2D eigenvalue weighted by molar-refractivity contribution is 7.89. The molecular formula is C5H11F2NO2S. The van der Waals surface area contributed by atoms with E-state index in [2.05, 4.69) is 0 Å². The lowest BCUT2D eigenvalue weighted by Gasteiger charge is -2.14. The summed E-state index contributed by atoms with van der Waals surface area (Å²) in [6.45, 7) is 0.688. The monoisotopic (exact) mass is 187 g/mol. The highest BCUT2D eigenvalue weighted by Gasteiger charge is 2.18. The molecule has 0 bridgehead atoms. The second-order valence-corrected chi connectivity index (χ2v) is 4.44. The van der Waals surface area contributed by atoms with E-state index in [0.717, 1.165) is 7.05 Å². The van der Waals surface area contributed by atoms with Crippen LogP contribution >= 0.6 is 0 Å². The van der Waals surface area contributed by atoms with Gasteiger partial charge in [0.15, 0.2) is 0 Å². The van der Waals surface area contributed by atoms with E-state index >= 15 is 0 Å². The number of nitrogens with zero attached hydrogens (tertiary/aromatic N) is 1. The molecule has 0 N–H and O–H groups in total. The Morgan fingerprint density at radius 3 is 2.18 bits per heavy atom. The van der Waals surface area contributed by atoms with Gasteiger partial charge in [0.2, 0.25) is 10.0 Å². The van der Waals surface area contributed by atoms with Crippen LogP contribution < -0.4 is 0 Å². The molecule has 3 nitrogen and oxygen atoms in total. The van der Waals surface area contributed by atoms with Crippen molar-refractivity contribution in [1.29, 1.82) is 0 Å². The lowest BCUT2D eigenvalue weighted by molar-refractivity contribution is 0.126. The van der Waals surface area contributed by atoms with Crippen LogP contribution in [0.15, 0.2) is 0 Å². The van der Waals surface area contributed by atoms with Crippen molar-refractivity contribution in [2.45, 2.75) is 13.3 Å². The maximum atomic E-state index is 11.6. The fraction of sp³-hybridized carbons (Fsp3) is 1.00. The minimum atomic E-state index is -3.44. The molecule has 0 unspecified atom stereocenters. The molecule has 0 aliphatic rings. The van der Waals surface area contributed by atoms with E-state index in [-0.39, 0.29) is 5.75 Å². The Labute approximate surface area is 65.1 Å². The van der Waals surface area contributed by atoms with E-state index in [1.54, 1.807) is 0 Å². The number of hydrogen-bond acceptors (Lipinski definition) is 2. The minimum absolute atomic E-state index is 0.143. The average molecular weight is 187 g/mol. The van der Waals surface area contributed by atoms with Crippen LogP contribution in [0.1, 0.15) is 6.92 Å². The molecule has 0 saturated heterocycles. The fourth-order valence-corrected chi connectivity index (χ4v) is 1.31. The van der Waals surface area contributed by atoms with Gasteiger partial charge in [-0.05, 0) is 6.92 Å². The van der Waals surface area contributed by atoms with E-state index in [1.165, 1.54) is 6.92 Å². The molecule has 0 radical (unpaired) electrons. The van der Waals surface area contributed by atoms with Gasteiger partial charge < -0.3 is 0 Å². The normalized spacial score (nSPS) is 12.9. The summed E-state index contributed by atoms with van der Waals surface area (Å²) in [4.78, 5) is 0. The molecule has 0 amide bonds. The first-order valence-corrected chi connectivity index (χ1v) is 4.73. The molecule has 0 aromatic heterocycles. The summed E-state index contributed by atoms with van der Waals surface area (Å²) >= 11 is 0. The first-order valence-electron chi connectivity index (χ1n) is 3.12. The van der Waals surface area contributed by atoms with Crippen molar-refractivity contribution in [3.63, 3.8) is 0 Å². The molecule has 0 atom stereocenters. The lowest BCUT2D eigenvalue weighted by atomic mass is 10.7. The molecule has 0 aromatic carbocycles. The summed E-state index contributed by atoms with van der Waals surface area (Å²) in [5, 5.41) is 0. The maximum Gasteiger partial charge on any atom is 0.252 e. The molecule has 0 spiro atoms. The smallest absolute Gasteiger partial charge is 0.212 e. The zero-order chi connectivity index (χ0) is 9.07. The van der Waals surface area contributed by atoms with Crippen molar-refractivity contribution in [1.82, 2.24) is 4.31 Å². The molecule has 0 fully saturated rings. The third-order valence-corrected chi connectivity index (χ3v) is 3.06. The van der Waals surface area contributed by atoms with Gasteiger partial charge in [-0.2, -0.15) is 4.31 Å². The van der Waals surface area contributed by atoms with Gasteiger partial charge in [0, 0.05) is 7.05 Å². The van der Waals surface area contributed by atoms with Gasteiger partial charge in [-0.25, -0.2) is 17.2 Å². The predicted molar refractivity (Wildman–Crippen MR) is 38.1 cm³/mol. The minimum Gasteiger partial charge on any atom is -0.212 e. The van der Waals surface area contributed by atoms with E-state index in [9.17, 15) is 17.2 Å². The molecule has 68 valence electrons. The molecule has 0 aliphatic carbocycles. The van der Waals surface area contributed by atoms with Gasteiger partial charge in [0.25, 0.3) is 6.43 Å². The summed E-state index contributed by atoms with van der Waals surface area (Å²) in [5.41, 5.74) is 0. The van der Waals surface area contributed by atoms with Gasteiger partial charge in [-0.15, -0.1) is 0 Å². The van der Waals surface area contributed by atoms with Crippen LogP contribution in [0.5, 0.6) is 0 Å². The predicted octanol–water partition coefficient (Wildman–Crippen LogP) is 0.533. The van der Waals surface area contributed by atoms with Crippen molar-refractivity contribution in [2.24, 2.45) is 0 Å². The SMILES string of the molecule is CCS(=O)(=O)N(C)CC(F)F. The zero-order valence-corrected chi connectivity index (χ0v) is 7.24. The number of alkyl halides is 2. The number of halogens is 2. The topological polar surface area (TPSA) is 37.4 Å². The van der Waals surface area contributed by atoms with Crippen molar-refractivity contribution in [3.05, 3.63) is 0 Å². The highest BCUT2D eigenvalue weighted by Crippen LogP contribution is 2.01. The summed E-state index contributed by atoms with van der Waals surface area (Å²) in [5.74, 6) is -0.143. The average Bonchev–Trinajstić information content (AvgIpc) is 1.86. The summed E-state index contributed by atoms with van der Waals surface area (Å²) in [7, 11) is -2.30. The molecular weight excluding hydrogens is 176 g/mol. The number of hydrogen-bond donors (Lipinski definition) is 0. The maximum absolute atomic E-state index is 11.6. The molecule has 11 heavy (non-hydrogen) atoms. The molecule has 0 saturated carbocycles. The molecule has 0 aromatic rings. The van der Waals surface area contributed by atoms with Gasteiger partial charge in [0.05, 0.1) is 12.3 Å². The Morgan fingerprint density at radius 2 is 1.91 bits per heavy atom. The van der Waals surface area contributed by atoms with Crippen LogP contribution in [0.25, 0.3) is 0 Å². The van der Waals surface area contributed by atoms with E-state index in [1.807, 2.05) is 0 Å². The molecule has 6 heteroatoms. The first kappa shape index (κ1) is 10.8. The van der Waals surface area contributed by atoms with E-state index in [4.69, 9.17) is 0 Å². The first-order chi connectivity index (χ1) is 4.90. The second-order valence-electron chi connectivity index (χ2n) is 2.07. The van der Waals surface area contributed by atoms with E-state index < -0.39 is 23.0 Å². The zero-order valence-electron chi connectivity index (χ0n) is 6.42. The summed E-state index contributed by atoms with van der Waals surface area (Å²) in [6, 6.07) is 0. The number of rotatable bonds is 4.